The number of ether oxygens (including phenoxy) is 3. The predicted octanol–water partition coefficient (Wildman–Crippen LogP) is 3.97. The van der Waals surface area contributed by atoms with Crippen molar-refractivity contribution in [2.45, 2.75) is 13.8 Å². The molecule has 0 N–H and O–H groups in total. The van der Waals surface area contributed by atoms with Gasteiger partial charge in [0.25, 0.3) is 0 Å². The molecule has 0 amide bonds. The first-order valence-electron chi connectivity index (χ1n) is 8.29. The van der Waals surface area contributed by atoms with Crippen molar-refractivity contribution >= 4 is 17.9 Å². The smallest absolute Gasteiger partial charge is 0.363 e. The molecule has 0 radical (unpaired) electrons. The molecule has 0 bridgehead atoms. The van der Waals surface area contributed by atoms with Crippen LogP contribution in [0.25, 0.3) is 6.08 Å². The van der Waals surface area contributed by atoms with Gasteiger partial charge in [-0.2, -0.15) is 0 Å². The summed E-state index contributed by atoms with van der Waals surface area (Å²) in [4.78, 5) is 16.3. The monoisotopic (exact) mass is 355 g/mol. The Labute approximate surface area is 150 Å². The van der Waals surface area contributed by atoms with Crippen LogP contribution < -0.4 is 9.47 Å². The Bertz CT molecular complexity index is 889. The van der Waals surface area contributed by atoms with Gasteiger partial charge in [0, 0.05) is 17.2 Å². The zero-order valence-electron chi connectivity index (χ0n) is 14.5. The Balaban J connectivity index is 1.95. The third-order valence-electron chi connectivity index (χ3n) is 3.58. The highest BCUT2D eigenvalue weighted by Crippen LogP contribution is 2.29. The molecule has 0 saturated carbocycles. The normalized spacial score (nSPS) is 15.0. The topological polar surface area (TPSA) is 57.1 Å². The van der Waals surface area contributed by atoms with E-state index in [1.807, 2.05) is 13.8 Å². The average Bonchev–Trinajstić information content (AvgIpc) is 2.98. The number of nitrogens with zero attached hydrogens (tertiary/aromatic N) is 1. The van der Waals surface area contributed by atoms with E-state index in [1.165, 1.54) is 18.2 Å². The Morgan fingerprint density at radius 3 is 2.65 bits per heavy atom. The van der Waals surface area contributed by atoms with Crippen LogP contribution in [0.3, 0.4) is 0 Å². The van der Waals surface area contributed by atoms with Gasteiger partial charge in [0.05, 0.1) is 13.2 Å². The summed E-state index contributed by atoms with van der Waals surface area (Å²) in [6.45, 7) is 4.77. The minimum atomic E-state index is -0.597. The van der Waals surface area contributed by atoms with Gasteiger partial charge < -0.3 is 14.2 Å². The van der Waals surface area contributed by atoms with E-state index in [1.54, 1.807) is 30.3 Å². The first-order valence-corrected chi connectivity index (χ1v) is 8.29. The zero-order valence-corrected chi connectivity index (χ0v) is 14.5. The molecule has 0 aromatic heterocycles. The summed E-state index contributed by atoms with van der Waals surface area (Å²) in [7, 11) is 0. The van der Waals surface area contributed by atoms with E-state index in [2.05, 4.69) is 4.99 Å². The molecule has 0 atom stereocenters. The van der Waals surface area contributed by atoms with Crippen molar-refractivity contribution in [2.24, 2.45) is 4.99 Å². The molecule has 1 aliphatic rings. The number of carbonyl (C=O) groups excluding carboxylic acids is 1. The van der Waals surface area contributed by atoms with E-state index < -0.39 is 11.8 Å². The maximum atomic E-state index is 13.4. The summed E-state index contributed by atoms with van der Waals surface area (Å²) in [5.74, 6) is 0.304. The van der Waals surface area contributed by atoms with Gasteiger partial charge in [-0.05, 0) is 50.3 Å². The summed E-state index contributed by atoms with van der Waals surface area (Å²) < 4.78 is 29.6. The van der Waals surface area contributed by atoms with Gasteiger partial charge in [-0.15, -0.1) is 0 Å². The van der Waals surface area contributed by atoms with Crippen LogP contribution in [0.1, 0.15) is 25.0 Å². The van der Waals surface area contributed by atoms with Crippen LogP contribution in [-0.4, -0.2) is 25.1 Å². The second-order valence-corrected chi connectivity index (χ2v) is 5.41. The Morgan fingerprint density at radius 1 is 1.12 bits per heavy atom. The lowest BCUT2D eigenvalue weighted by molar-refractivity contribution is -0.129. The van der Waals surface area contributed by atoms with Crippen molar-refractivity contribution in [3.8, 4) is 11.5 Å². The molecular weight excluding hydrogens is 337 g/mol. The van der Waals surface area contributed by atoms with E-state index in [4.69, 9.17) is 14.2 Å². The quantitative estimate of drug-likeness (QED) is 0.581. The number of rotatable bonds is 6. The fourth-order valence-electron chi connectivity index (χ4n) is 2.47. The molecule has 3 rings (SSSR count). The van der Waals surface area contributed by atoms with Gasteiger partial charge in [0.2, 0.25) is 5.90 Å². The largest absolute Gasteiger partial charge is 0.494 e. The van der Waals surface area contributed by atoms with Gasteiger partial charge in [-0.1, -0.05) is 6.07 Å². The van der Waals surface area contributed by atoms with E-state index >= 15 is 0 Å². The lowest BCUT2D eigenvalue weighted by Gasteiger charge is -2.10. The third-order valence-corrected chi connectivity index (χ3v) is 3.58. The molecule has 0 spiro atoms. The highest BCUT2D eigenvalue weighted by Gasteiger charge is 2.24. The van der Waals surface area contributed by atoms with Crippen molar-refractivity contribution in [3.63, 3.8) is 0 Å². The highest BCUT2D eigenvalue weighted by atomic mass is 19.1. The van der Waals surface area contributed by atoms with Crippen LogP contribution >= 0.6 is 0 Å². The van der Waals surface area contributed by atoms with Crippen LogP contribution in [-0.2, 0) is 9.53 Å². The Morgan fingerprint density at radius 2 is 1.92 bits per heavy atom. The van der Waals surface area contributed by atoms with Crippen molar-refractivity contribution in [1.82, 2.24) is 0 Å². The summed E-state index contributed by atoms with van der Waals surface area (Å²) in [6, 6.07) is 11.1. The van der Waals surface area contributed by atoms with Crippen LogP contribution in [0.15, 0.2) is 53.2 Å². The Kier molecular flexibility index (Phi) is 5.31. The molecule has 0 unspecified atom stereocenters. The summed E-state index contributed by atoms with van der Waals surface area (Å²) >= 11 is 0. The lowest BCUT2D eigenvalue weighted by atomic mass is 10.1. The lowest BCUT2D eigenvalue weighted by Crippen LogP contribution is -2.05. The van der Waals surface area contributed by atoms with Crippen LogP contribution in [0.4, 0.5) is 4.39 Å². The summed E-state index contributed by atoms with van der Waals surface area (Å²) in [5, 5.41) is 0. The average molecular weight is 355 g/mol. The molecule has 0 saturated heterocycles. The number of benzene rings is 2. The number of halogens is 1. The number of hydrogen-bond acceptors (Lipinski definition) is 5. The summed E-state index contributed by atoms with van der Waals surface area (Å²) in [5.41, 5.74) is 1.19. The first-order chi connectivity index (χ1) is 12.6. The van der Waals surface area contributed by atoms with E-state index in [0.29, 0.717) is 35.8 Å². The molecule has 2 aromatic rings. The molecule has 134 valence electrons. The predicted molar refractivity (Wildman–Crippen MR) is 95.8 cm³/mol. The number of aliphatic imine (C=N–C) groups is 1. The van der Waals surface area contributed by atoms with Gasteiger partial charge >= 0.3 is 5.97 Å². The van der Waals surface area contributed by atoms with E-state index in [0.717, 1.165) is 0 Å². The zero-order chi connectivity index (χ0) is 18.5. The van der Waals surface area contributed by atoms with Gasteiger partial charge in [0.1, 0.15) is 17.3 Å². The number of cyclic esters (lactones) is 1. The van der Waals surface area contributed by atoms with Crippen molar-refractivity contribution in [3.05, 3.63) is 65.1 Å². The van der Waals surface area contributed by atoms with Gasteiger partial charge in [0.15, 0.2) is 5.70 Å². The van der Waals surface area contributed by atoms with Crippen molar-refractivity contribution in [1.29, 1.82) is 0 Å². The first kappa shape index (κ1) is 17.7. The van der Waals surface area contributed by atoms with Crippen molar-refractivity contribution < 1.29 is 23.4 Å². The molecular formula is C20H18FNO4. The second kappa shape index (κ2) is 7.82. The van der Waals surface area contributed by atoms with Crippen LogP contribution in [0, 0.1) is 5.82 Å². The van der Waals surface area contributed by atoms with Crippen molar-refractivity contribution in [2.75, 3.05) is 13.2 Å². The molecule has 5 nitrogen and oxygen atoms in total. The minimum absolute atomic E-state index is 0.0737. The number of hydrogen-bond donors (Lipinski definition) is 0. The van der Waals surface area contributed by atoms with Crippen LogP contribution in [0.5, 0.6) is 11.5 Å². The number of carbonyl (C=O) groups is 1. The molecule has 26 heavy (non-hydrogen) atoms. The molecule has 1 heterocycles. The summed E-state index contributed by atoms with van der Waals surface area (Å²) in [6.07, 6.45) is 1.58. The maximum absolute atomic E-state index is 13.4. The standard InChI is InChI=1S/C20H18FNO4/c1-3-24-16-9-8-13(18(12-16)25-4-2)11-17-20(23)26-19(22-17)14-6-5-7-15(21)10-14/h5-12H,3-4H2,1-2H3. The van der Waals surface area contributed by atoms with Gasteiger partial charge in [-0.3, -0.25) is 0 Å². The number of esters is 1. The fourth-order valence-corrected chi connectivity index (χ4v) is 2.47. The minimum Gasteiger partial charge on any atom is -0.494 e. The van der Waals surface area contributed by atoms with Gasteiger partial charge in [-0.25, -0.2) is 14.2 Å². The molecule has 0 fully saturated rings. The van der Waals surface area contributed by atoms with E-state index in [-0.39, 0.29) is 11.6 Å². The molecule has 0 aliphatic carbocycles. The molecule has 2 aromatic carbocycles. The molecule has 1 aliphatic heterocycles. The highest BCUT2D eigenvalue weighted by molar-refractivity contribution is 6.12. The fraction of sp³-hybridized carbons (Fsp3) is 0.200. The van der Waals surface area contributed by atoms with E-state index in [9.17, 15) is 9.18 Å². The molecule has 6 heteroatoms. The SMILES string of the molecule is CCOc1ccc(C=C2N=C(c3cccc(F)c3)OC2=O)c(OCC)c1. The Hall–Kier alpha value is -3.15. The third kappa shape index (κ3) is 3.91. The maximum Gasteiger partial charge on any atom is 0.363 e. The second-order valence-electron chi connectivity index (χ2n) is 5.41. The van der Waals surface area contributed by atoms with Crippen LogP contribution in [0.2, 0.25) is 0 Å².